The van der Waals surface area contributed by atoms with Gasteiger partial charge in [0.25, 0.3) is 0 Å². The number of halogens is 4. The summed E-state index contributed by atoms with van der Waals surface area (Å²) in [5, 5.41) is 12.0. The molecule has 3 rings (SSSR count). The van der Waals surface area contributed by atoms with E-state index < -0.39 is 40.9 Å². The maximum atomic E-state index is 15.2. The van der Waals surface area contributed by atoms with E-state index in [4.69, 9.17) is 0 Å². The number of alkyl halides is 1. The van der Waals surface area contributed by atoms with Crippen molar-refractivity contribution >= 4 is 29.6 Å². The summed E-state index contributed by atoms with van der Waals surface area (Å²) in [6, 6.07) is 4.04. The quantitative estimate of drug-likeness (QED) is 0.205. The smallest absolute Gasteiger partial charge is 0.334 e. The van der Waals surface area contributed by atoms with Gasteiger partial charge in [0, 0.05) is 31.3 Å². The Hall–Kier alpha value is -3.31. The molecule has 1 aromatic carbocycles. The molecule has 1 unspecified atom stereocenters. The molecule has 0 saturated carbocycles. The zero-order valence-corrected chi connectivity index (χ0v) is 19.8. The van der Waals surface area contributed by atoms with Gasteiger partial charge in [-0.2, -0.15) is 0 Å². The van der Waals surface area contributed by atoms with E-state index in [-0.39, 0.29) is 29.9 Å². The Morgan fingerprint density at radius 3 is 2.71 bits per heavy atom. The number of carboxylic acids is 1. The van der Waals surface area contributed by atoms with Crippen molar-refractivity contribution in [2.45, 2.75) is 32.9 Å². The minimum atomic E-state index is -1.62. The number of nitrogens with zero attached hydrogens (tertiary/aromatic N) is 1. The van der Waals surface area contributed by atoms with Gasteiger partial charge in [0.1, 0.15) is 5.82 Å². The van der Waals surface area contributed by atoms with Gasteiger partial charge in [0.15, 0.2) is 23.7 Å². The molecule has 0 fully saturated rings. The molecule has 0 amide bonds. The molecule has 11 heteroatoms. The van der Waals surface area contributed by atoms with Gasteiger partial charge in [-0.15, -0.1) is 0 Å². The van der Waals surface area contributed by atoms with Crippen LogP contribution in [0.3, 0.4) is 0 Å². The van der Waals surface area contributed by atoms with Crippen LogP contribution in [0.25, 0.3) is 0 Å². The number of aryl methyl sites for hydroxylation is 1. The van der Waals surface area contributed by atoms with Crippen molar-refractivity contribution in [3.05, 3.63) is 88.1 Å². The molecule has 1 aliphatic carbocycles. The second-order valence-corrected chi connectivity index (χ2v) is 8.38. The number of nitrogens with one attached hydrogen (secondary N) is 3. The third kappa shape index (κ3) is 6.64. The molecule has 2 aliphatic rings. The Morgan fingerprint density at radius 2 is 2.03 bits per heavy atom. The summed E-state index contributed by atoms with van der Waals surface area (Å²) in [4.78, 5) is 15.8. The van der Waals surface area contributed by atoms with Crippen molar-refractivity contribution in [2.75, 3.05) is 11.9 Å². The van der Waals surface area contributed by atoms with Crippen LogP contribution in [-0.4, -0.2) is 29.6 Å². The van der Waals surface area contributed by atoms with Gasteiger partial charge in [-0.25, -0.2) is 32.1 Å². The van der Waals surface area contributed by atoms with Crippen LogP contribution in [0.15, 0.2) is 81.7 Å². The van der Waals surface area contributed by atoms with Crippen molar-refractivity contribution in [2.24, 2.45) is 4.99 Å². The molecule has 0 bridgehead atoms. The molecule has 4 N–H and O–H groups in total. The van der Waals surface area contributed by atoms with Crippen molar-refractivity contribution in [1.29, 1.82) is 0 Å². The topological polar surface area (TPSA) is 85.8 Å². The largest absolute Gasteiger partial charge is 0.478 e. The van der Waals surface area contributed by atoms with Crippen LogP contribution >= 0.6 is 12.1 Å². The third-order valence-electron chi connectivity index (χ3n) is 5.08. The van der Waals surface area contributed by atoms with Gasteiger partial charge in [-0.05, 0) is 54.3 Å². The molecule has 0 spiro atoms. The SMILES string of the molecule is CCNSNC1=NC=CC(CC2=CCC(C(=O)O)=C(Nc3ccc(C)cc3F)C(F)=C2F)=CC1F. The second-order valence-electron chi connectivity index (χ2n) is 7.68. The lowest BCUT2D eigenvalue weighted by Gasteiger charge is -2.13. The molecule has 0 aromatic heterocycles. The van der Waals surface area contributed by atoms with Crippen LogP contribution < -0.4 is 14.8 Å². The lowest BCUT2D eigenvalue weighted by atomic mass is 10.0. The lowest BCUT2D eigenvalue weighted by Crippen LogP contribution is -2.28. The first kappa shape index (κ1) is 26.3. The number of hydrogen-bond donors (Lipinski definition) is 4. The fraction of sp³-hybridized carbons (Fsp3) is 0.250. The molecular formula is C24H24F4N4O2S. The molecule has 0 saturated heterocycles. The predicted molar refractivity (Wildman–Crippen MR) is 130 cm³/mol. The molecule has 1 atom stereocenters. The average molecular weight is 509 g/mol. The molecule has 6 nitrogen and oxygen atoms in total. The van der Waals surface area contributed by atoms with Crippen LogP contribution in [0, 0.1) is 12.7 Å². The highest BCUT2D eigenvalue weighted by Crippen LogP contribution is 2.35. The van der Waals surface area contributed by atoms with Gasteiger partial charge in [0.2, 0.25) is 0 Å². The van der Waals surface area contributed by atoms with Gasteiger partial charge < -0.3 is 15.1 Å². The van der Waals surface area contributed by atoms with E-state index in [1.807, 2.05) is 6.92 Å². The molecule has 1 aromatic rings. The summed E-state index contributed by atoms with van der Waals surface area (Å²) in [6.07, 6.45) is 3.07. The number of hydrogen-bond acceptors (Lipinski definition) is 6. The molecule has 0 radical (unpaired) electrons. The zero-order valence-electron chi connectivity index (χ0n) is 19.0. The summed E-state index contributed by atoms with van der Waals surface area (Å²) in [5.74, 6) is -4.98. The molecule has 1 aliphatic heterocycles. The normalized spacial score (nSPS) is 18.5. The minimum absolute atomic E-state index is 0.0284. The maximum absolute atomic E-state index is 15.2. The predicted octanol–water partition coefficient (Wildman–Crippen LogP) is 5.71. The number of allylic oxidation sites excluding steroid dienone is 6. The van der Waals surface area contributed by atoms with Crippen LogP contribution in [0.5, 0.6) is 0 Å². The molecule has 1 heterocycles. The average Bonchev–Trinajstić information content (AvgIpc) is 3.04. The molecule has 186 valence electrons. The first-order chi connectivity index (χ1) is 16.7. The lowest BCUT2D eigenvalue weighted by molar-refractivity contribution is -0.132. The number of benzene rings is 1. The second kappa shape index (κ2) is 11.9. The summed E-state index contributed by atoms with van der Waals surface area (Å²) in [5.41, 5.74) is -0.587. The Bertz CT molecular complexity index is 1190. The van der Waals surface area contributed by atoms with Crippen LogP contribution in [0.4, 0.5) is 23.2 Å². The maximum Gasteiger partial charge on any atom is 0.334 e. The highest BCUT2D eigenvalue weighted by molar-refractivity contribution is 7.96. The fourth-order valence-corrected chi connectivity index (χ4v) is 3.80. The van der Waals surface area contributed by atoms with E-state index in [9.17, 15) is 18.7 Å². The Labute approximate surface area is 204 Å². The van der Waals surface area contributed by atoms with E-state index in [0.29, 0.717) is 17.7 Å². The van der Waals surface area contributed by atoms with Gasteiger partial charge >= 0.3 is 5.97 Å². The van der Waals surface area contributed by atoms with Gasteiger partial charge in [-0.1, -0.05) is 19.1 Å². The summed E-state index contributed by atoms with van der Waals surface area (Å²) >= 11 is 1.06. The first-order valence-corrected chi connectivity index (χ1v) is 11.5. The van der Waals surface area contributed by atoms with E-state index in [1.165, 1.54) is 36.6 Å². The molecule has 35 heavy (non-hydrogen) atoms. The number of rotatable bonds is 8. The van der Waals surface area contributed by atoms with Crippen LogP contribution in [0.1, 0.15) is 25.3 Å². The Morgan fingerprint density at radius 1 is 1.26 bits per heavy atom. The zero-order chi connectivity index (χ0) is 25.5. The first-order valence-electron chi connectivity index (χ1n) is 10.7. The van der Waals surface area contributed by atoms with Crippen molar-refractivity contribution in [3.63, 3.8) is 0 Å². The van der Waals surface area contributed by atoms with Gasteiger partial charge in [-0.3, -0.25) is 0 Å². The van der Waals surface area contributed by atoms with Crippen LogP contribution in [-0.2, 0) is 4.79 Å². The Balaban J connectivity index is 1.86. The van der Waals surface area contributed by atoms with E-state index in [1.54, 1.807) is 13.0 Å². The number of amidine groups is 1. The van der Waals surface area contributed by atoms with Gasteiger partial charge in [0.05, 0.1) is 17.0 Å². The van der Waals surface area contributed by atoms with Crippen molar-refractivity contribution in [3.8, 4) is 0 Å². The minimum Gasteiger partial charge on any atom is -0.478 e. The van der Waals surface area contributed by atoms with Crippen molar-refractivity contribution in [1.82, 2.24) is 9.44 Å². The molecular weight excluding hydrogens is 484 g/mol. The van der Waals surface area contributed by atoms with E-state index in [0.717, 1.165) is 12.1 Å². The van der Waals surface area contributed by atoms with E-state index in [2.05, 4.69) is 19.8 Å². The number of anilines is 1. The standard InChI is InChI=1S/C24H24F4N4O2S/c1-3-30-35-32-23-18(26)12-14(8-9-29-23)11-15-5-6-16(24(33)34)22(21(28)20(15)27)31-19-7-4-13(2)10-17(19)25/h4-5,7-10,12,18,30-31H,3,6,11H2,1-2H3,(H,29,32)(H,33,34). The summed E-state index contributed by atoms with van der Waals surface area (Å²) in [6.45, 7) is 4.17. The van der Waals surface area contributed by atoms with Crippen LogP contribution in [0.2, 0.25) is 0 Å². The summed E-state index contributed by atoms with van der Waals surface area (Å²) < 4.78 is 65.0. The third-order valence-corrected chi connectivity index (χ3v) is 5.83. The Kier molecular flexibility index (Phi) is 8.94. The van der Waals surface area contributed by atoms with E-state index >= 15 is 8.78 Å². The number of carboxylic acid groups (broad SMARTS) is 1. The highest BCUT2D eigenvalue weighted by atomic mass is 32.2. The highest BCUT2D eigenvalue weighted by Gasteiger charge is 2.27. The number of aliphatic carboxylic acids is 1. The number of aliphatic imine (C=N–C) groups is 1. The van der Waals surface area contributed by atoms with Crippen molar-refractivity contribution < 1.29 is 27.5 Å². The summed E-state index contributed by atoms with van der Waals surface area (Å²) in [7, 11) is 0. The number of carbonyl (C=O) groups is 1. The fourth-order valence-electron chi connectivity index (χ4n) is 3.32. The monoisotopic (exact) mass is 508 g/mol.